The maximum atomic E-state index is 2.32. The Morgan fingerprint density at radius 1 is 0.667 bits per heavy atom. The Labute approximate surface area is 57.1 Å². The summed E-state index contributed by atoms with van der Waals surface area (Å²) in [6.07, 6.45) is 13.0. The molecule has 9 heavy (non-hydrogen) atoms. The van der Waals surface area contributed by atoms with Crippen molar-refractivity contribution in [1.82, 2.24) is 0 Å². The van der Waals surface area contributed by atoms with Crippen molar-refractivity contribution in [2.24, 2.45) is 0 Å². The molecule has 0 amide bonds. The topological polar surface area (TPSA) is 31.5 Å². The molecule has 0 saturated heterocycles. The minimum absolute atomic E-state index is 0. The normalized spacial score (nSPS) is 23.1. The second-order valence-electron chi connectivity index (χ2n) is 2.46. The molecule has 0 unspecified atom stereocenters. The molecule has 0 radical (unpaired) electrons. The van der Waals surface area contributed by atoms with Crippen molar-refractivity contribution in [3.05, 3.63) is 12.2 Å². The van der Waals surface area contributed by atoms with Crippen LogP contribution in [-0.2, 0) is 0 Å². The summed E-state index contributed by atoms with van der Waals surface area (Å²) in [7, 11) is 0. The highest BCUT2D eigenvalue weighted by atomic mass is 16.0. The standard InChI is InChI=1S/C8H14.H2O/c1-2-4-6-8-7-5-3-1;/h1-2H,3-8H2;1H2/b2-1-;. The molecule has 0 spiro atoms. The van der Waals surface area contributed by atoms with Gasteiger partial charge in [0, 0.05) is 0 Å². The molecule has 1 nitrogen and oxygen atoms in total. The molecular formula is C8H16O. The Kier molecular flexibility index (Phi) is 5.64. The molecule has 2 N–H and O–H groups in total. The van der Waals surface area contributed by atoms with Crippen molar-refractivity contribution in [3.63, 3.8) is 0 Å². The van der Waals surface area contributed by atoms with Gasteiger partial charge in [0.05, 0.1) is 0 Å². The molecule has 0 saturated carbocycles. The fraction of sp³-hybridized carbons (Fsp3) is 0.750. The second kappa shape index (κ2) is 5.83. The predicted octanol–water partition coefficient (Wildman–Crippen LogP) is 2.07. The van der Waals surface area contributed by atoms with Crippen LogP contribution in [0.4, 0.5) is 0 Å². The van der Waals surface area contributed by atoms with E-state index in [9.17, 15) is 0 Å². The van der Waals surface area contributed by atoms with Gasteiger partial charge in [0.25, 0.3) is 0 Å². The van der Waals surface area contributed by atoms with Crippen molar-refractivity contribution in [1.29, 1.82) is 0 Å². The molecule has 0 aromatic carbocycles. The van der Waals surface area contributed by atoms with E-state index >= 15 is 0 Å². The number of hydrogen-bond donors (Lipinski definition) is 0. The van der Waals surface area contributed by atoms with Crippen molar-refractivity contribution in [2.75, 3.05) is 0 Å². The highest BCUT2D eigenvalue weighted by molar-refractivity contribution is 4.82. The average molecular weight is 128 g/mol. The molecule has 0 aromatic rings. The smallest absolute Gasteiger partial charge is 0.0351 e. The van der Waals surface area contributed by atoms with Crippen LogP contribution in [0.3, 0.4) is 0 Å². The van der Waals surface area contributed by atoms with E-state index < -0.39 is 0 Å². The molecule has 0 heterocycles. The summed E-state index contributed by atoms with van der Waals surface area (Å²) in [6.45, 7) is 0. The van der Waals surface area contributed by atoms with Crippen LogP contribution in [0.25, 0.3) is 0 Å². The highest BCUT2D eigenvalue weighted by Crippen LogP contribution is 2.09. The van der Waals surface area contributed by atoms with Gasteiger partial charge in [-0.2, -0.15) is 0 Å². The van der Waals surface area contributed by atoms with E-state index in [4.69, 9.17) is 0 Å². The molecule has 0 atom stereocenters. The minimum Gasteiger partial charge on any atom is -0.412 e. The first kappa shape index (κ1) is 8.70. The van der Waals surface area contributed by atoms with Crippen LogP contribution in [0.5, 0.6) is 0 Å². The molecule has 0 aromatic heterocycles. The van der Waals surface area contributed by atoms with Gasteiger partial charge in [0.15, 0.2) is 0 Å². The predicted molar refractivity (Wildman–Crippen MR) is 40.5 cm³/mol. The van der Waals surface area contributed by atoms with Gasteiger partial charge in [-0.3, -0.25) is 0 Å². The lowest BCUT2D eigenvalue weighted by molar-refractivity contribution is 0.638. The van der Waals surface area contributed by atoms with E-state index in [-0.39, 0.29) is 5.48 Å². The van der Waals surface area contributed by atoms with Crippen LogP contribution in [0.1, 0.15) is 38.5 Å². The summed E-state index contributed by atoms with van der Waals surface area (Å²) in [5.41, 5.74) is 0. The van der Waals surface area contributed by atoms with Crippen molar-refractivity contribution in [3.8, 4) is 0 Å². The van der Waals surface area contributed by atoms with Gasteiger partial charge in [-0.05, 0) is 25.7 Å². The zero-order chi connectivity index (χ0) is 5.66. The summed E-state index contributed by atoms with van der Waals surface area (Å²) >= 11 is 0. The largest absolute Gasteiger partial charge is 0.412 e. The number of hydrogen-bond acceptors (Lipinski definition) is 0. The Bertz CT molecular complexity index is 66.6. The summed E-state index contributed by atoms with van der Waals surface area (Å²) in [5.74, 6) is 0. The Hall–Kier alpha value is -0.300. The third-order valence-electron chi connectivity index (χ3n) is 1.66. The van der Waals surface area contributed by atoms with Gasteiger partial charge < -0.3 is 5.48 Å². The fourth-order valence-corrected chi connectivity index (χ4v) is 1.11. The van der Waals surface area contributed by atoms with Gasteiger partial charge in [0.1, 0.15) is 0 Å². The summed E-state index contributed by atoms with van der Waals surface area (Å²) in [6, 6.07) is 0. The zero-order valence-corrected chi connectivity index (χ0v) is 5.90. The molecule has 0 fully saturated rings. The van der Waals surface area contributed by atoms with Gasteiger partial charge >= 0.3 is 0 Å². The highest BCUT2D eigenvalue weighted by Gasteiger charge is 1.89. The molecule has 1 heteroatoms. The lowest BCUT2D eigenvalue weighted by atomic mass is 10.1. The maximum Gasteiger partial charge on any atom is -0.0351 e. The number of allylic oxidation sites excluding steroid dienone is 2. The van der Waals surface area contributed by atoms with E-state index in [1.807, 2.05) is 0 Å². The minimum atomic E-state index is 0. The summed E-state index contributed by atoms with van der Waals surface area (Å²) < 4.78 is 0. The summed E-state index contributed by atoms with van der Waals surface area (Å²) in [5, 5.41) is 0. The third-order valence-corrected chi connectivity index (χ3v) is 1.66. The quantitative estimate of drug-likeness (QED) is 0.447. The average Bonchev–Trinajstić information content (AvgIpc) is 1.62. The molecule has 1 rings (SSSR count). The molecule has 0 aliphatic heterocycles. The van der Waals surface area contributed by atoms with Crippen molar-refractivity contribution >= 4 is 0 Å². The molecule has 1 aliphatic carbocycles. The Morgan fingerprint density at radius 3 is 1.56 bits per heavy atom. The van der Waals surface area contributed by atoms with E-state index in [1.54, 1.807) is 0 Å². The van der Waals surface area contributed by atoms with Crippen LogP contribution in [-0.4, -0.2) is 5.48 Å². The summed E-state index contributed by atoms with van der Waals surface area (Å²) in [4.78, 5) is 0. The lowest BCUT2D eigenvalue weighted by Crippen LogP contribution is -1.80. The van der Waals surface area contributed by atoms with E-state index in [0.29, 0.717) is 0 Å². The molecular weight excluding hydrogens is 112 g/mol. The molecule has 0 bridgehead atoms. The van der Waals surface area contributed by atoms with Crippen molar-refractivity contribution < 1.29 is 5.48 Å². The first-order chi connectivity index (χ1) is 4.00. The Morgan fingerprint density at radius 2 is 1.11 bits per heavy atom. The van der Waals surface area contributed by atoms with Crippen LogP contribution in [0.2, 0.25) is 0 Å². The van der Waals surface area contributed by atoms with Gasteiger partial charge in [0.2, 0.25) is 0 Å². The maximum absolute atomic E-state index is 2.32. The second-order valence-corrected chi connectivity index (χ2v) is 2.46. The molecule has 54 valence electrons. The first-order valence-electron chi connectivity index (χ1n) is 3.65. The van der Waals surface area contributed by atoms with Gasteiger partial charge in [-0.15, -0.1) is 0 Å². The van der Waals surface area contributed by atoms with E-state index in [0.717, 1.165) is 0 Å². The van der Waals surface area contributed by atoms with Gasteiger partial charge in [-0.25, -0.2) is 0 Å². The van der Waals surface area contributed by atoms with Crippen LogP contribution in [0.15, 0.2) is 12.2 Å². The SMILES string of the molecule is C1=C\CCCCCC/1.O. The van der Waals surface area contributed by atoms with Crippen molar-refractivity contribution in [2.45, 2.75) is 38.5 Å². The van der Waals surface area contributed by atoms with Gasteiger partial charge in [-0.1, -0.05) is 25.0 Å². The molecule has 1 aliphatic rings. The lowest BCUT2D eigenvalue weighted by Gasteiger charge is -2.00. The monoisotopic (exact) mass is 128 g/mol. The van der Waals surface area contributed by atoms with Crippen LogP contribution >= 0.6 is 0 Å². The fourth-order valence-electron chi connectivity index (χ4n) is 1.11. The van der Waals surface area contributed by atoms with Crippen LogP contribution < -0.4 is 0 Å². The Balaban J connectivity index is 0.000000640. The number of rotatable bonds is 0. The zero-order valence-electron chi connectivity index (χ0n) is 5.90. The third kappa shape index (κ3) is 4.22. The van der Waals surface area contributed by atoms with E-state index in [1.165, 1.54) is 38.5 Å². The van der Waals surface area contributed by atoms with Crippen LogP contribution in [0, 0.1) is 0 Å². The first-order valence-corrected chi connectivity index (χ1v) is 3.65. The van der Waals surface area contributed by atoms with E-state index in [2.05, 4.69) is 12.2 Å².